The summed E-state index contributed by atoms with van der Waals surface area (Å²) < 4.78 is 13.6. The lowest BCUT2D eigenvalue weighted by atomic mass is 9.90. The Hall–Kier alpha value is -1.66. The molecule has 3 N–H and O–H groups in total. The molecule has 0 bridgehead atoms. The zero-order valence-electron chi connectivity index (χ0n) is 13.3. The summed E-state index contributed by atoms with van der Waals surface area (Å²) in [7, 11) is 0. The molecule has 0 aliphatic carbocycles. The number of hydrogen-bond acceptors (Lipinski definition) is 3. The lowest BCUT2D eigenvalue weighted by Gasteiger charge is -2.33. The van der Waals surface area contributed by atoms with E-state index in [1.54, 1.807) is 4.90 Å². The maximum absolute atomic E-state index is 13.6. The molecule has 0 spiro atoms. The number of nitrogens with zero attached hydrogens (tertiary/aromatic N) is 1. The third-order valence-electron chi connectivity index (χ3n) is 4.09. The number of amides is 2. The Morgan fingerprint density at radius 3 is 2.48 bits per heavy atom. The van der Waals surface area contributed by atoms with E-state index in [4.69, 9.17) is 5.73 Å². The topological polar surface area (TPSA) is 75.4 Å². The number of halogens is 2. The van der Waals surface area contributed by atoms with Crippen molar-refractivity contribution in [1.82, 2.24) is 4.90 Å². The zero-order chi connectivity index (χ0) is 16.3. The van der Waals surface area contributed by atoms with Crippen molar-refractivity contribution < 1.29 is 14.0 Å². The minimum absolute atomic E-state index is 0. The summed E-state index contributed by atoms with van der Waals surface area (Å²) in [4.78, 5) is 25.3. The van der Waals surface area contributed by atoms with E-state index in [1.807, 2.05) is 6.92 Å². The molecule has 0 aromatic heterocycles. The van der Waals surface area contributed by atoms with Gasteiger partial charge in [0.15, 0.2) is 0 Å². The standard InChI is InChI=1S/C16H22FN3O2.ClH/c1-10(18)12-5-7-20(8-6-12)16(22)13-3-4-14(17)15(9-13)19-11(2)21;/h3-4,9-10,12H,5-8,18H2,1-2H3,(H,19,21);1H. The zero-order valence-corrected chi connectivity index (χ0v) is 14.2. The summed E-state index contributed by atoms with van der Waals surface area (Å²) in [5.74, 6) is -0.634. The van der Waals surface area contributed by atoms with E-state index in [9.17, 15) is 14.0 Å². The maximum Gasteiger partial charge on any atom is 0.253 e. The van der Waals surface area contributed by atoms with Gasteiger partial charge in [0.2, 0.25) is 5.91 Å². The third kappa shape index (κ3) is 4.91. The monoisotopic (exact) mass is 343 g/mol. The van der Waals surface area contributed by atoms with Crippen molar-refractivity contribution >= 4 is 29.9 Å². The molecule has 1 aliphatic heterocycles. The first-order valence-electron chi connectivity index (χ1n) is 7.50. The molecule has 7 heteroatoms. The number of anilines is 1. The van der Waals surface area contributed by atoms with Crippen LogP contribution in [0.4, 0.5) is 10.1 Å². The molecule has 128 valence electrons. The minimum Gasteiger partial charge on any atom is -0.339 e. The number of carbonyl (C=O) groups excluding carboxylic acids is 2. The van der Waals surface area contributed by atoms with Gasteiger partial charge in [-0.05, 0) is 43.9 Å². The summed E-state index contributed by atoms with van der Waals surface area (Å²) in [6, 6.07) is 4.17. The molecule has 23 heavy (non-hydrogen) atoms. The van der Waals surface area contributed by atoms with Gasteiger partial charge in [0.25, 0.3) is 5.91 Å². The van der Waals surface area contributed by atoms with Crippen LogP contribution >= 0.6 is 12.4 Å². The molecule has 1 aromatic rings. The normalized spacial score (nSPS) is 16.4. The predicted octanol–water partition coefficient (Wildman–Crippen LogP) is 2.41. The highest BCUT2D eigenvalue weighted by Gasteiger charge is 2.25. The lowest BCUT2D eigenvalue weighted by Crippen LogP contribution is -2.42. The highest BCUT2D eigenvalue weighted by atomic mass is 35.5. The average Bonchev–Trinajstić information content (AvgIpc) is 2.48. The van der Waals surface area contributed by atoms with Crippen LogP contribution in [-0.4, -0.2) is 35.8 Å². The highest BCUT2D eigenvalue weighted by molar-refractivity contribution is 5.97. The number of piperidine rings is 1. The molecule has 2 rings (SSSR count). The van der Waals surface area contributed by atoms with Gasteiger partial charge in [-0.25, -0.2) is 4.39 Å². The number of benzene rings is 1. The van der Waals surface area contributed by atoms with E-state index >= 15 is 0 Å². The number of likely N-dealkylation sites (tertiary alicyclic amines) is 1. The van der Waals surface area contributed by atoms with Crippen molar-refractivity contribution in [2.75, 3.05) is 18.4 Å². The van der Waals surface area contributed by atoms with Gasteiger partial charge in [-0.3, -0.25) is 9.59 Å². The second-order valence-corrected chi connectivity index (χ2v) is 5.86. The number of rotatable bonds is 3. The van der Waals surface area contributed by atoms with E-state index in [2.05, 4.69) is 5.32 Å². The second-order valence-electron chi connectivity index (χ2n) is 5.86. The van der Waals surface area contributed by atoms with Crippen molar-refractivity contribution in [2.45, 2.75) is 32.7 Å². The van der Waals surface area contributed by atoms with Crippen LogP contribution in [0.25, 0.3) is 0 Å². The molecule has 5 nitrogen and oxygen atoms in total. The van der Waals surface area contributed by atoms with Crippen molar-refractivity contribution in [3.05, 3.63) is 29.6 Å². The number of nitrogens with one attached hydrogen (secondary N) is 1. The van der Waals surface area contributed by atoms with Gasteiger partial charge in [-0.2, -0.15) is 0 Å². The van der Waals surface area contributed by atoms with E-state index < -0.39 is 5.82 Å². The Kier molecular flexibility index (Phi) is 6.97. The van der Waals surface area contributed by atoms with Gasteiger partial charge in [0.1, 0.15) is 5.82 Å². The summed E-state index contributed by atoms with van der Waals surface area (Å²) in [6.07, 6.45) is 1.76. The second kappa shape index (κ2) is 8.26. The number of carbonyl (C=O) groups is 2. The van der Waals surface area contributed by atoms with Gasteiger partial charge in [-0.15, -0.1) is 12.4 Å². The molecular formula is C16H23ClFN3O2. The molecule has 1 aliphatic rings. The fourth-order valence-electron chi connectivity index (χ4n) is 2.75. The van der Waals surface area contributed by atoms with Crippen molar-refractivity contribution in [1.29, 1.82) is 0 Å². The fraction of sp³-hybridized carbons (Fsp3) is 0.500. The van der Waals surface area contributed by atoms with Crippen LogP contribution in [0.3, 0.4) is 0 Å². The van der Waals surface area contributed by atoms with Crippen molar-refractivity contribution in [3.8, 4) is 0 Å². The Bertz CT molecular complexity index is 572. The first kappa shape index (κ1) is 19.4. The molecule has 0 saturated carbocycles. The smallest absolute Gasteiger partial charge is 0.253 e. The molecule has 1 unspecified atom stereocenters. The van der Waals surface area contributed by atoms with Gasteiger partial charge in [-0.1, -0.05) is 0 Å². The largest absolute Gasteiger partial charge is 0.339 e. The number of hydrogen-bond donors (Lipinski definition) is 2. The summed E-state index contributed by atoms with van der Waals surface area (Å²) >= 11 is 0. The van der Waals surface area contributed by atoms with E-state index in [1.165, 1.54) is 25.1 Å². The third-order valence-corrected chi connectivity index (χ3v) is 4.09. The Morgan fingerprint density at radius 1 is 1.35 bits per heavy atom. The fourth-order valence-corrected chi connectivity index (χ4v) is 2.75. The van der Waals surface area contributed by atoms with Crippen molar-refractivity contribution in [2.24, 2.45) is 11.7 Å². The van der Waals surface area contributed by atoms with E-state index in [-0.39, 0.29) is 36.0 Å². The quantitative estimate of drug-likeness (QED) is 0.885. The van der Waals surface area contributed by atoms with Crippen LogP contribution in [0.1, 0.15) is 37.0 Å². The highest BCUT2D eigenvalue weighted by Crippen LogP contribution is 2.23. The molecular weight excluding hydrogens is 321 g/mol. The Morgan fingerprint density at radius 2 is 1.96 bits per heavy atom. The van der Waals surface area contributed by atoms with Crippen LogP contribution in [0.15, 0.2) is 18.2 Å². The van der Waals surface area contributed by atoms with Crippen LogP contribution < -0.4 is 11.1 Å². The lowest BCUT2D eigenvalue weighted by molar-refractivity contribution is -0.114. The van der Waals surface area contributed by atoms with Crippen molar-refractivity contribution in [3.63, 3.8) is 0 Å². The van der Waals surface area contributed by atoms with Gasteiger partial charge in [0.05, 0.1) is 5.69 Å². The summed E-state index contributed by atoms with van der Waals surface area (Å²) in [6.45, 7) is 4.59. The molecule has 1 atom stereocenters. The van der Waals surface area contributed by atoms with E-state index in [0.29, 0.717) is 24.6 Å². The van der Waals surface area contributed by atoms with Gasteiger partial charge < -0.3 is 16.0 Å². The van der Waals surface area contributed by atoms with Crippen LogP contribution in [0.5, 0.6) is 0 Å². The van der Waals surface area contributed by atoms with E-state index in [0.717, 1.165) is 12.8 Å². The first-order valence-corrected chi connectivity index (χ1v) is 7.50. The molecule has 1 aromatic carbocycles. The molecule has 0 radical (unpaired) electrons. The molecule has 1 saturated heterocycles. The summed E-state index contributed by atoms with van der Waals surface area (Å²) in [5, 5.41) is 2.39. The predicted molar refractivity (Wildman–Crippen MR) is 90.2 cm³/mol. The van der Waals surface area contributed by atoms with Crippen LogP contribution in [0.2, 0.25) is 0 Å². The maximum atomic E-state index is 13.6. The van der Waals surface area contributed by atoms with Gasteiger partial charge >= 0.3 is 0 Å². The Balaban J connectivity index is 0.00000264. The molecule has 2 amide bonds. The average molecular weight is 344 g/mol. The van der Waals surface area contributed by atoms with Crippen LogP contribution in [0, 0.1) is 11.7 Å². The molecule has 1 fully saturated rings. The molecule has 1 heterocycles. The van der Waals surface area contributed by atoms with Crippen LogP contribution in [-0.2, 0) is 4.79 Å². The summed E-state index contributed by atoms with van der Waals surface area (Å²) in [5.41, 5.74) is 6.31. The Labute approximate surface area is 141 Å². The minimum atomic E-state index is -0.553. The SMILES string of the molecule is CC(=O)Nc1cc(C(=O)N2CCC(C(C)N)CC2)ccc1F.Cl. The first-order chi connectivity index (χ1) is 10.4. The van der Waals surface area contributed by atoms with Gasteiger partial charge in [0, 0.05) is 31.6 Å². The number of nitrogens with two attached hydrogens (primary N) is 1.